The summed E-state index contributed by atoms with van der Waals surface area (Å²) in [6.07, 6.45) is -2.44. The number of halogens is 17. The minimum Gasteiger partial charge on any atom is -0.324 e. The zero-order valence-electron chi connectivity index (χ0n) is 26.6. The van der Waals surface area contributed by atoms with E-state index in [-0.39, 0.29) is 11.0 Å². The van der Waals surface area contributed by atoms with Gasteiger partial charge >= 0.3 is 47.6 Å². The molecule has 0 spiro atoms. The standard InChI is InChI=1S/C29H45F17N/c1-4-7-10-13-18-47(19-14-11-8-5-2,20-15-12-9-6-3)21-16-17-22(30,31)23(32,33)24(34,35)25(36,37)26(38,39)27(40,41)28(42,43)29(44,45)46/h4-21H2,1-3H3/q+1. The van der Waals surface area contributed by atoms with Gasteiger partial charge in [0.2, 0.25) is 0 Å². The van der Waals surface area contributed by atoms with Gasteiger partial charge in [-0.05, 0) is 38.5 Å². The smallest absolute Gasteiger partial charge is 0.324 e. The van der Waals surface area contributed by atoms with Crippen LogP contribution in [0.2, 0.25) is 0 Å². The second kappa shape index (κ2) is 17.1. The molecule has 0 aliphatic carbocycles. The average molecular weight is 731 g/mol. The minimum absolute atomic E-state index is 0.0716. The lowest BCUT2D eigenvalue weighted by Crippen LogP contribution is -2.74. The Morgan fingerprint density at radius 3 is 0.894 bits per heavy atom. The molecular weight excluding hydrogens is 685 g/mol. The van der Waals surface area contributed by atoms with E-state index >= 15 is 0 Å². The third-order valence-corrected chi connectivity index (χ3v) is 8.37. The van der Waals surface area contributed by atoms with Gasteiger partial charge in [-0.2, -0.15) is 74.6 Å². The molecule has 0 atom stereocenters. The number of rotatable bonds is 25. The van der Waals surface area contributed by atoms with E-state index in [1.807, 2.05) is 20.8 Å². The van der Waals surface area contributed by atoms with Crippen molar-refractivity contribution in [2.75, 3.05) is 26.2 Å². The van der Waals surface area contributed by atoms with E-state index in [9.17, 15) is 74.6 Å². The van der Waals surface area contributed by atoms with Gasteiger partial charge in [0.1, 0.15) is 0 Å². The lowest BCUT2D eigenvalue weighted by Gasteiger charge is -2.43. The molecule has 0 rings (SSSR count). The summed E-state index contributed by atoms with van der Waals surface area (Å²) in [6.45, 7) is 6.48. The number of unbranched alkanes of at least 4 members (excludes halogenated alkanes) is 9. The van der Waals surface area contributed by atoms with E-state index in [4.69, 9.17) is 0 Å². The average Bonchev–Trinajstić information content (AvgIpc) is 2.94. The lowest BCUT2D eigenvalue weighted by atomic mass is 9.88. The molecule has 0 saturated heterocycles. The largest absolute Gasteiger partial charge is 0.460 e. The first kappa shape index (κ1) is 45.8. The number of quaternary nitrogens is 1. The highest BCUT2D eigenvalue weighted by molar-refractivity contribution is 5.15. The Morgan fingerprint density at radius 1 is 0.319 bits per heavy atom. The van der Waals surface area contributed by atoms with E-state index in [1.54, 1.807) is 0 Å². The fraction of sp³-hybridized carbons (Fsp3) is 1.00. The minimum atomic E-state index is -8.59. The van der Waals surface area contributed by atoms with E-state index < -0.39 is 60.5 Å². The summed E-state index contributed by atoms with van der Waals surface area (Å²) in [7, 11) is 0. The van der Waals surface area contributed by atoms with Gasteiger partial charge in [0.05, 0.1) is 26.2 Å². The molecule has 0 aliphatic heterocycles. The van der Waals surface area contributed by atoms with Crippen LogP contribution >= 0.6 is 0 Å². The van der Waals surface area contributed by atoms with Gasteiger partial charge in [-0.15, -0.1) is 0 Å². The first-order chi connectivity index (χ1) is 21.1. The van der Waals surface area contributed by atoms with Crippen LogP contribution in [-0.2, 0) is 0 Å². The molecule has 0 N–H and O–H groups in total. The van der Waals surface area contributed by atoms with Crippen molar-refractivity contribution in [3.63, 3.8) is 0 Å². The molecule has 0 aromatic rings. The first-order valence-electron chi connectivity index (χ1n) is 15.7. The van der Waals surface area contributed by atoms with Crippen molar-refractivity contribution < 1.29 is 79.1 Å². The molecule has 0 radical (unpaired) electrons. The molecule has 0 bridgehead atoms. The molecule has 0 aromatic heterocycles. The summed E-state index contributed by atoms with van der Waals surface area (Å²) >= 11 is 0. The van der Waals surface area contributed by atoms with Gasteiger partial charge in [-0.25, -0.2) is 0 Å². The monoisotopic (exact) mass is 730 g/mol. The summed E-state index contributed by atoms with van der Waals surface area (Å²) in [5.41, 5.74) is 0. The molecule has 47 heavy (non-hydrogen) atoms. The predicted octanol–water partition coefficient (Wildman–Crippen LogP) is 12.3. The van der Waals surface area contributed by atoms with Crippen LogP contribution in [0.1, 0.15) is 111 Å². The van der Waals surface area contributed by atoms with Crippen LogP contribution in [0.4, 0.5) is 74.6 Å². The van der Waals surface area contributed by atoms with E-state index in [0.29, 0.717) is 58.2 Å². The summed E-state index contributed by atoms with van der Waals surface area (Å²) in [5, 5.41) is 0. The van der Waals surface area contributed by atoms with Crippen molar-refractivity contribution in [1.29, 1.82) is 0 Å². The third kappa shape index (κ3) is 9.94. The number of alkyl halides is 17. The van der Waals surface area contributed by atoms with Crippen molar-refractivity contribution in [3.05, 3.63) is 0 Å². The van der Waals surface area contributed by atoms with Crippen molar-refractivity contribution in [2.45, 2.75) is 158 Å². The zero-order valence-corrected chi connectivity index (χ0v) is 26.6. The summed E-state index contributed by atoms with van der Waals surface area (Å²) in [5.74, 6) is -55.9. The molecule has 18 heteroatoms. The molecule has 0 aliphatic rings. The van der Waals surface area contributed by atoms with Gasteiger partial charge < -0.3 is 4.48 Å². The van der Waals surface area contributed by atoms with Gasteiger partial charge in [0.15, 0.2) is 0 Å². The highest BCUT2D eigenvalue weighted by Gasteiger charge is 2.95. The topological polar surface area (TPSA) is 0 Å². The first-order valence-corrected chi connectivity index (χ1v) is 15.7. The van der Waals surface area contributed by atoms with Crippen LogP contribution < -0.4 is 0 Å². The van der Waals surface area contributed by atoms with E-state index in [2.05, 4.69) is 0 Å². The molecular formula is C29H45F17N+. The maximum Gasteiger partial charge on any atom is 0.460 e. The predicted molar refractivity (Wildman–Crippen MR) is 142 cm³/mol. The molecule has 0 fully saturated rings. The summed E-state index contributed by atoms with van der Waals surface area (Å²) in [4.78, 5) is 0. The van der Waals surface area contributed by atoms with E-state index in [1.165, 1.54) is 0 Å². The maximum absolute atomic E-state index is 14.6. The second-order valence-electron chi connectivity index (χ2n) is 12.2. The van der Waals surface area contributed by atoms with Crippen LogP contribution in [0.3, 0.4) is 0 Å². The normalized spacial score (nSPS) is 15.1. The summed E-state index contributed by atoms with van der Waals surface area (Å²) < 4.78 is 232. The highest BCUT2D eigenvalue weighted by Crippen LogP contribution is 2.64. The molecule has 0 aromatic carbocycles. The van der Waals surface area contributed by atoms with Gasteiger partial charge in [0, 0.05) is 12.8 Å². The Labute approximate surface area is 264 Å². The molecule has 0 saturated carbocycles. The van der Waals surface area contributed by atoms with Crippen LogP contribution in [0.25, 0.3) is 0 Å². The Balaban J connectivity index is 6.38. The van der Waals surface area contributed by atoms with Crippen LogP contribution in [-0.4, -0.2) is 78.3 Å². The number of nitrogens with zero attached hydrogens (tertiary/aromatic N) is 1. The maximum atomic E-state index is 14.6. The van der Waals surface area contributed by atoms with Crippen LogP contribution in [0.15, 0.2) is 0 Å². The third-order valence-electron chi connectivity index (χ3n) is 8.37. The van der Waals surface area contributed by atoms with Crippen molar-refractivity contribution in [3.8, 4) is 0 Å². The van der Waals surface area contributed by atoms with Crippen molar-refractivity contribution in [1.82, 2.24) is 0 Å². The number of hydrogen-bond acceptors (Lipinski definition) is 0. The molecule has 0 unspecified atom stereocenters. The number of hydrogen-bond donors (Lipinski definition) is 0. The fourth-order valence-electron chi connectivity index (χ4n) is 5.28. The lowest BCUT2D eigenvalue weighted by molar-refractivity contribution is -0.929. The Bertz CT molecular complexity index is 868. The van der Waals surface area contributed by atoms with E-state index in [0.717, 1.165) is 38.5 Å². The Hall–Kier alpha value is -1.23. The van der Waals surface area contributed by atoms with Gasteiger partial charge in [0.25, 0.3) is 0 Å². The highest BCUT2D eigenvalue weighted by atomic mass is 19.4. The van der Waals surface area contributed by atoms with Crippen molar-refractivity contribution >= 4 is 0 Å². The Kier molecular flexibility index (Phi) is 16.7. The fourth-order valence-corrected chi connectivity index (χ4v) is 5.28. The molecule has 284 valence electrons. The second-order valence-corrected chi connectivity index (χ2v) is 12.2. The van der Waals surface area contributed by atoms with Crippen LogP contribution in [0, 0.1) is 0 Å². The SMILES string of the molecule is CCCCCC[N+](CCCCCC)(CCCCCC)CCCC(F)(F)C(F)(F)C(F)(F)C(F)(F)C(F)(F)C(F)(F)C(F)(F)C(F)(F)F. The Morgan fingerprint density at radius 2 is 0.596 bits per heavy atom. The van der Waals surface area contributed by atoms with Gasteiger partial charge in [-0.1, -0.05) is 59.3 Å². The quantitative estimate of drug-likeness (QED) is 0.0498. The molecule has 1 nitrogen and oxygen atoms in total. The zero-order chi connectivity index (χ0) is 37.2. The van der Waals surface area contributed by atoms with Crippen LogP contribution in [0.5, 0.6) is 0 Å². The molecule has 0 amide bonds. The molecule has 0 heterocycles. The summed E-state index contributed by atoms with van der Waals surface area (Å²) in [6, 6.07) is 0. The van der Waals surface area contributed by atoms with Gasteiger partial charge in [-0.3, -0.25) is 0 Å². The van der Waals surface area contributed by atoms with Crippen molar-refractivity contribution in [2.24, 2.45) is 0 Å².